The molecule has 1 aromatic rings. The zero-order chi connectivity index (χ0) is 13.7. The van der Waals surface area contributed by atoms with E-state index in [2.05, 4.69) is 23.6 Å². The number of carbonyl (C=O) groups is 1. The third-order valence-corrected chi connectivity index (χ3v) is 5.61. The van der Waals surface area contributed by atoms with Gasteiger partial charge in [-0.05, 0) is 30.7 Å². The predicted octanol–water partition coefficient (Wildman–Crippen LogP) is 1.98. The van der Waals surface area contributed by atoms with Gasteiger partial charge in [-0.25, -0.2) is 4.79 Å². The summed E-state index contributed by atoms with van der Waals surface area (Å²) in [5.74, 6) is 1.67. The number of carbonyl (C=O) groups excluding carboxylic acids is 1. The van der Waals surface area contributed by atoms with Crippen LogP contribution in [-0.2, 0) is 13.0 Å². The smallest absolute Gasteiger partial charge is 0.315 e. The monoisotopic (exact) mass is 300 g/mol. The zero-order valence-corrected chi connectivity index (χ0v) is 12.7. The van der Waals surface area contributed by atoms with Crippen LogP contribution in [0.15, 0.2) is 12.1 Å². The summed E-state index contributed by atoms with van der Waals surface area (Å²) in [7, 11) is 0. The first-order valence-corrected chi connectivity index (χ1v) is 8.48. The molecule has 1 saturated heterocycles. The fourth-order valence-electron chi connectivity index (χ4n) is 1.92. The fourth-order valence-corrected chi connectivity index (χ4v) is 4.11. The van der Waals surface area contributed by atoms with Gasteiger partial charge in [-0.15, -0.1) is 11.3 Å². The molecule has 0 bridgehead atoms. The zero-order valence-electron chi connectivity index (χ0n) is 11.1. The molecule has 0 aromatic carbocycles. The average Bonchev–Trinajstić information content (AvgIpc) is 3.03. The molecule has 1 unspecified atom stereocenters. The number of aliphatic hydroxyl groups is 1. The van der Waals surface area contributed by atoms with Crippen molar-refractivity contribution in [3.63, 3.8) is 0 Å². The van der Waals surface area contributed by atoms with Gasteiger partial charge in [0.1, 0.15) is 0 Å². The van der Waals surface area contributed by atoms with Gasteiger partial charge in [0.05, 0.1) is 12.1 Å². The molecule has 3 N–H and O–H groups in total. The molecular weight excluding hydrogens is 280 g/mol. The summed E-state index contributed by atoms with van der Waals surface area (Å²) in [6, 6.07) is 3.93. The van der Waals surface area contributed by atoms with Gasteiger partial charge in [0.25, 0.3) is 0 Å². The summed E-state index contributed by atoms with van der Waals surface area (Å²) in [5, 5.41) is 15.7. The second kappa shape index (κ2) is 6.63. The van der Waals surface area contributed by atoms with Crippen molar-refractivity contribution in [3.8, 4) is 0 Å². The van der Waals surface area contributed by atoms with Crippen molar-refractivity contribution < 1.29 is 9.90 Å². The molecule has 1 atom stereocenters. The normalized spacial score (nSPS) is 22.4. The van der Waals surface area contributed by atoms with Crippen LogP contribution in [0.1, 0.15) is 23.1 Å². The maximum absolute atomic E-state index is 11.7. The average molecular weight is 300 g/mol. The Balaban J connectivity index is 1.69. The minimum absolute atomic E-state index is 0.211. The molecule has 106 valence electrons. The van der Waals surface area contributed by atoms with E-state index in [4.69, 9.17) is 0 Å². The number of thiophene rings is 1. The Bertz CT molecular complexity index is 428. The Kier molecular flexibility index (Phi) is 5.13. The summed E-state index contributed by atoms with van der Waals surface area (Å²) in [6.07, 6.45) is 1.78. The van der Waals surface area contributed by atoms with Crippen LogP contribution < -0.4 is 10.6 Å². The lowest BCUT2D eigenvalue weighted by atomic mass is 10.0. The van der Waals surface area contributed by atoms with Gasteiger partial charge in [0.15, 0.2) is 0 Å². The van der Waals surface area contributed by atoms with Gasteiger partial charge in [-0.1, -0.05) is 6.92 Å². The van der Waals surface area contributed by atoms with Gasteiger partial charge in [0.2, 0.25) is 0 Å². The largest absolute Gasteiger partial charge is 0.387 e. The summed E-state index contributed by atoms with van der Waals surface area (Å²) < 4.78 is 0. The molecule has 0 aliphatic carbocycles. The van der Waals surface area contributed by atoms with E-state index >= 15 is 0 Å². The van der Waals surface area contributed by atoms with Gasteiger partial charge in [0, 0.05) is 22.1 Å². The Labute approximate surface area is 122 Å². The minimum atomic E-state index is -0.722. The fraction of sp³-hybridized carbons (Fsp3) is 0.615. The van der Waals surface area contributed by atoms with Crippen LogP contribution in [-0.4, -0.2) is 34.8 Å². The number of urea groups is 1. The molecule has 0 saturated carbocycles. The molecule has 1 aliphatic heterocycles. The Morgan fingerprint density at radius 2 is 2.21 bits per heavy atom. The molecule has 4 nitrogen and oxygen atoms in total. The third-order valence-electron chi connectivity index (χ3n) is 3.15. The first-order chi connectivity index (χ1) is 9.11. The van der Waals surface area contributed by atoms with Gasteiger partial charge >= 0.3 is 6.03 Å². The molecule has 19 heavy (non-hydrogen) atoms. The Morgan fingerprint density at radius 3 is 2.84 bits per heavy atom. The van der Waals surface area contributed by atoms with Crippen molar-refractivity contribution in [2.75, 3.05) is 18.1 Å². The second-order valence-electron chi connectivity index (χ2n) is 4.78. The maximum atomic E-state index is 11.7. The highest BCUT2D eigenvalue weighted by atomic mass is 32.2. The molecule has 0 spiro atoms. The van der Waals surface area contributed by atoms with Gasteiger partial charge in [-0.2, -0.15) is 11.8 Å². The second-order valence-corrected chi connectivity index (χ2v) is 7.14. The summed E-state index contributed by atoms with van der Waals surface area (Å²) in [5.41, 5.74) is -0.722. The number of nitrogens with one attached hydrogen (secondary N) is 2. The summed E-state index contributed by atoms with van der Waals surface area (Å²) in [6.45, 7) is 3.00. The van der Waals surface area contributed by atoms with E-state index in [9.17, 15) is 9.90 Å². The maximum Gasteiger partial charge on any atom is 0.315 e. The van der Waals surface area contributed by atoms with Crippen molar-refractivity contribution in [2.45, 2.75) is 31.9 Å². The summed E-state index contributed by atoms with van der Waals surface area (Å²) >= 11 is 3.45. The van der Waals surface area contributed by atoms with E-state index in [0.29, 0.717) is 18.8 Å². The van der Waals surface area contributed by atoms with Crippen molar-refractivity contribution >= 4 is 29.1 Å². The van der Waals surface area contributed by atoms with Gasteiger partial charge < -0.3 is 15.7 Å². The highest BCUT2D eigenvalue weighted by Crippen LogP contribution is 2.26. The highest BCUT2D eigenvalue weighted by Gasteiger charge is 2.31. The van der Waals surface area contributed by atoms with Crippen LogP contribution in [0.3, 0.4) is 0 Å². The van der Waals surface area contributed by atoms with Crippen LogP contribution >= 0.6 is 23.1 Å². The van der Waals surface area contributed by atoms with Crippen LogP contribution in [0.4, 0.5) is 4.79 Å². The first kappa shape index (κ1) is 14.7. The van der Waals surface area contributed by atoms with E-state index in [1.54, 1.807) is 23.1 Å². The van der Waals surface area contributed by atoms with E-state index in [0.717, 1.165) is 23.5 Å². The van der Waals surface area contributed by atoms with Crippen LogP contribution in [0, 0.1) is 0 Å². The molecule has 1 aromatic heterocycles. The number of hydrogen-bond donors (Lipinski definition) is 3. The van der Waals surface area contributed by atoms with E-state index < -0.39 is 5.60 Å². The number of amides is 2. The molecule has 0 radical (unpaired) electrons. The topological polar surface area (TPSA) is 61.4 Å². The van der Waals surface area contributed by atoms with Gasteiger partial charge in [-0.3, -0.25) is 0 Å². The van der Waals surface area contributed by atoms with Crippen molar-refractivity contribution in [1.29, 1.82) is 0 Å². The molecular formula is C13H20N2O2S2. The quantitative estimate of drug-likeness (QED) is 0.779. The Hall–Kier alpha value is -0.720. The molecule has 2 heterocycles. The summed E-state index contributed by atoms with van der Waals surface area (Å²) in [4.78, 5) is 14.1. The van der Waals surface area contributed by atoms with E-state index in [1.807, 2.05) is 6.07 Å². The van der Waals surface area contributed by atoms with Crippen LogP contribution in [0.25, 0.3) is 0 Å². The lowest BCUT2D eigenvalue weighted by molar-refractivity contribution is 0.0700. The first-order valence-electron chi connectivity index (χ1n) is 6.51. The number of thioether (sulfide) groups is 1. The number of rotatable bonds is 5. The Morgan fingerprint density at radius 1 is 1.42 bits per heavy atom. The SMILES string of the molecule is CCc1ccc(CNC(=O)NCC2(O)CCSC2)s1. The minimum Gasteiger partial charge on any atom is -0.387 e. The van der Waals surface area contributed by atoms with Crippen molar-refractivity contribution in [1.82, 2.24) is 10.6 Å². The number of aryl methyl sites for hydroxylation is 1. The third kappa shape index (κ3) is 4.40. The molecule has 1 fully saturated rings. The number of hydrogen-bond acceptors (Lipinski definition) is 4. The molecule has 2 amide bonds. The van der Waals surface area contributed by atoms with Crippen LogP contribution in [0.2, 0.25) is 0 Å². The predicted molar refractivity (Wildman–Crippen MR) is 80.8 cm³/mol. The van der Waals surface area contributed by atoms with Crippen molar-refractivity contribution in [2.24, 2.45) is 0 Å². The molecule has 2 rings (SSSR count). The van der Waals surface area contributed by atoms with E-state index in [-0.39, 0.29) is 6.03 Å². The molecule has 1 aliphatic rings. The highest BCUT2D eigenvalue weighted by molar-refractivity contribution is 7.99. The standard InChI is InChI=1S/C13H20N2O2S2/c1-2-10-3-4-11(19-10)7-14-12(16)15-8-13(17)5-6-18-9-13/h3-4,17H,2,5-9H2,1H3,(H2,14,15,16). The lowest BCUT2D eigenvalue weighted by Gasteiger charge is -2.21. The molecule has 6 heteroatoms. The lowest BCUT2D eigenvalue weighted by Crippen LogP contribution is -2.46. The van der Waals surface area contributed by atoms with Crippen molar-refractivity contribution in [3.05, 3.63) is 21.9 Å². The van der Waals surface area contributed by atoms with E-state index in [1.165, 1.54) is 4.88 Å². The van der Waals surface area contributed by atoms with Crippen LogP contribution in [0.5, 0.6) is 0 Å².